The summed E-state index contributed by atoms with van der Waals surface area (Å²) in [6.45, 7) is 5.71. The number of carboxylic acid groups (broad SMARTS) is 1. The molecule has 4 N–H and O–H groups in total. The highest BCUT2D eigenvalue weighted by atomic mass is 32.2. The molecule has 8 heteroatoms. The molecular weight excluding hydrogens is 366 g/mol. The molecule has 4 aliphatic rings. The molecular formula is C19H29N3O4S. The van der Waals surface area contributed by atoms with E-state index < -0.39 is 18.0 Å². The summed E-state index contributed by atoms with van der Waals surface area (Å²) in [6, 6.07) is 0.688. The lowest BCUT2D eigenvalue weighted by molar-refractivity contribution is -0.163. The molecule has 3 aliphatic heterocycles. The smallest absolute Gasteiger partial charge is 0.353 e. The Morgan fingerprint density at radius 1 is 1.30 bits per heavy atom. The highest BCUT2D eigenvalue weighted by Crippen LogP contribution is 2.53. The zero-order chi connectivity index (χ0) is 19.5. The number of aliphatic carboxylic acids is 1. The van der Waals surface area contributed by atoms with Gasteiger partial charge in [0.25, 0.3) is 0 Å². The van der Waals surface area contributed by atoms with Gasteiger partial charge in [-0.3, -0.25) is 4.79 Å². The van der Waals surface area contributed by atoms with Crippen LogP contribution in [0.25, 0.3) is 0 Å². The zero-order valence-electron chi connectivity index (χ0n) is 15.9. The van der Waals surface area contributed by atoms with Gasteiger partial charge in [0.2, 0.25) is 5.91 Å². The lowest BCUT2D eigenvalue weighted by atomic mass is 9.79. The molecule has 0 spiro atoms. The van der Waals surface area contributed by atoms with E-state index in [1.165, 1.54) is 4.90 Å². The molecule has 0 radical (unpaired) electrons. The summed E-state index contributed by atoms with van der Waals surface area (Å²) in [5.74, 6) is -1.82. The lowest BCUT2D eigenvalue weighted by Crippen LogP contribution is -2.63. The molecule has 0 bridgehead atoms. The summed E-state index contributed by atoms with van der Waals surface area (Å²) in [5.41, 5.74) is 6.13. The van der Waals surface area contributed by atoms with Gasteiger partial charge in [-0.2, -0.15) is 0 Å². The molecule has 1 aliphatic carbocycles. The first-order chi connectivity index (χ1) is 12.8. The predicted molar refractivity (Wildman–Crippen MR) is 103 cm³/mol. The van der Waals surface area contributed by atoms with Crippen LogP contribution in [0.2, 0.25) is 0 Å². The molecule has 0 unspecified atom stereocenters. The van der Waals surface area contributed by atoms with Gasteiger partial charge in [-0.15, -0.1) is 11.8 Å². The number of fused-ring (bicyclic) bond motifs is 1. The number of carboxylic acids is 1. The number of nitrogens with zero attached hydrogens (tertiary/aromatic N) is 2. The van der Waals surface area contributed by atoms with Crippen LogP contribution in [0.3, 0.4) is 0 Å². The Kier molecular flexibility index (Phi) is 5.03. The van der Waals surface area contributed by atoms with Crippen LogP contribution in [0.4, 0.5) is 0 Å². The van der Waals surface area contributed by atoms with Crippen LogP contribution >= 0.6 is 11.8 Å². The van der Waals surface area contributed by atoms with E-state index in [1.54, 1.807) is 18.7 Å². The number of piperidine rings is 1. The molecule has 4 rings (SSSR count). The Morgan fingerprint density at radius 2 is 1.93 bits per heavy atom. The normalized spacial score (nSPS) is 38.4. The van der Waals surface area contributed by atoms with Crippen molar-refractivity contribution >= 4 is 23.6 Å². The third-order valence-corrected chi connectivity index (χ3v) is 8.30. The molecule has 3 heterocycles. The number of rotatable bonds is 5. The fraction of sp³-hybridized carbons (Fsp3) is 0.789. The van der Waals surface area contributed by atoms with Crippen molar-refractivity contribution in [3.8, 4) is 0 Å². The van der Waals surface area contributed by atoms with Gasteiger partial charge in [-0.05, 0) is 45.7 Å². The average Bonchev–Trinajstić information content (AvgIpc) is 2.80. The third kappa shape index (κ3) is 3.10. The molecule has 0 aromatic heterocycles. The van der Waals surface area contributed by atoms with Gasteiger partial charge in [0.1, 0.15) is 5.70 Å². The minimum Gasteiger partial charge on any atom is -0.477 e. The second-order valence-electron chi connectivity index (χ2n) is 8.51. The Bertz CT molecular complexity index is 668. The van der Waals surface area contributed by atoms with Crippen molar-refractivity contribution in [1.82, 2.24) is 9.80 Å². The second kappa shape index (κ2) is 7.06. The molecule has 2 saturated heterocycles. The van der Waals surface area contributed by atoms with E-state index in [4.69, 9.17) is 5.73 Å². The highest BCUT2D eigenvalue weighted by molar-refractivity contribution is 8.03. The Balaban J connectivity index is 1.42. The molecule has 0 aromatic carbocycles. The van der Waals surface area contributed by atoms with E-state index >= 15 is 0 Å². The number of hydrogen-bond donors (Lipinski definition) is 3. The first kappa shape index (κ1) is 19.2. The van der Waals surface area contributed by atoms with Crippen LogP contribution in [0.15, 0.2) is 10.6 Å². The van der Waals surface area contributed by atoms with E-state index in [0.717, 1.165) is 43.7 Å². The number of carbonyl (C=O) groups is 2. The largest absolute Gasteiger partial charge is 0.477 e. The number of thioether (sulfide) groups is 1. The average molecular weight is 396 g/mol. The Morgan fingerprint density at radius 3 is 2.48 bits per heavy atom. The van der Waals surface area contributed by atoms with E-state index in [9.17, 15) is 19.8 Å². The fourth-order valence-corrected chi connectivity index (χ4v) is 6.72. The Labute approximate surface area is 163 Å². The van der Waals surface area contributed by atoms with Crippen LogP contribution < -0.4 is 5.73 Å². The maximum atomic E-state index is 12.4. The molecule has 27 heavy (non-hydrogen) atoms. The third-order valence-electron chi connectivity index (χ3n) is 6.77. The number of amides is 1. The number of aliphatic hydroxyl groups is 1. The zero-order valence-corrected chi connectivity index (χ0v) is 16.7. The number of carbonyl (C=O) groups excluding carboxylic acids is 1. The summed E-state index contributed by atoms with van der Waals surface area (Å²) in [4.78, 5) is 29.0. The van der Waals surface area contributed by atoms with Crippen molar-refractivity contribution in [2.24, 2.45) is 17.6 Å². The molecule has 1 amide bonds. The number of aliphatic hydroxyl groups excluding tert-OH is 1. The van der Waals surface area contributed by atoms with Crippen LogP contribution in [0, 0.1) is 11.8 Å². The first-order valence-corrected chi connectivity index (χ1v) is 10.8. The van der Waals surface area contributed by atoms with Crippen molar-refractivity contribution in [3.05, 3.63) is 10.6 Å². The molecule has 150 valence electrons. The van der Waals surface area contributed by atoms with Crippen molar-refractivity contribution in [2.75, 3.05) is 13.1 Å². The standard InChI is InChI=1S/C19H29N3O4S/c1-9-15-14(10(2)23)18(24)22(15)16(19(25)26)17(9)27-13-7-12(8-13)21-5-3-11(20)4-6-21/h9-15,23H,3-8,20H2,1-2H3,(H,25,26)/t9-,10-,12-,13+,14-,15-/m1/s1. The fourth-order valence-electron chi connectivity index (χ4n) is 5.08. The van der Waals surface area contributed by atoms with E-state index in [-0.39, 0.29) is 23.6 Å². The number of nitrogens with two attached hydrogens (primary N) is 1. The molecule has 3 fully saturated rings. The monoisotopic (exact) mass is 395 g/mol. The van der Waals surface area contributed by atoms with Gasteiger partial charge < -0.3 is 25.7 Å². The van der Waals surface area contributed by atoms with Gasteiger partial charge in [0.15, 0.2) is 0 Å². The minimum absolute atomic E-state index is 0.0366. The van der Waals surface area contributed by atoms with Crippen molar-refractivity contribution < 1.29 is 19.8 Å². The van der Waals surface area contributed by atoms with Gasteiger partial charge >= 0.3 is 5.97 Å². The quantitative estimate of drug-likeness (QED) is 0.592. The summed E-state index contributed by atoms with van der Waals surface area (Å²) in [7, 11) is 0. The molecule has 4 atom stereocenters. The van der Waals surface area contributed by atoms with Crippen molar-refractivity contribution in [1.29, 1.82) is 0 Å². The number of likely N-dealkylation sites (tertiary alicyclic amines) is 1. The summed E-state index contributed by atoms with van der Waals surface area (Å²) < 4.78 is 0. The lowest BCUT2D eigenvalue weighted by Gasteiger charge is -2.46. The van der Waals surface area contributed by atoms with Crippen LogP contribution in [-0.2, 0) is 9.59 Å². The second-order valence-corrected chi connectivity index (χ2v) is 9.85. The van der Waals surface area contributed by atoms with Gasteiger partial charge in [-0.25, -0.2) is 4.79 Å². The van der Waals surface area contributed by atoms with Gasteiger partial charge in [-0.1, -0.05) is 6.92 Å². The van der Waals surface area contributed by atoms with E-state index in [1.807, 2.05) is 6.92 Å². The summed E-state index contributed by atoms with van der Waals surface area (Å²) >= 11 is 1.64. The SMILES string of the molecule is C[C@@H](O)[C@H]1C(=O)N2C(C(=O)O)=C(S[C@H]3C[C@@H](N4CCC(N)CC4)C3)[C@H](C)[C@H]12. The van der Waals surface area contributed by atoms with Gasteiger partial charge in [0, 0.05) is 28.2 Å². The first-order valence-electron chi connectivity index (χ1n) is 9.94. The van der Waals surface area contributed by atoms with E-state index in [2.05, 4.69) is 4.90 Å². The summed E-state index contributed by atoms with van der Waals surface area (Å²) in [5, 5.41) is 20.0. The maximum Gasteiger partial charge on any atom is 0.353 e. The van der Waals surface area contributed by atoms with Gasteiger partial charge in [0.05, 0.1) is 18.1 Å². The summed E-state index contributed by atoms with van der Waals surface area (Å²) in [6.07, 6.45) is 3.47. The topological polar surface area (TPSA) is 107 Å². The highest BCUT2D eigenvalue weighted by Gasteiger charge is 2.60. The van der Waals surface area contributed by atoms with Crippen LogP contribution in [-0.4, -0.2) is 74.5 Å². The maximum absolute atomic E-state index is 12.4. The molecule has 1 saturated carbocycles. The van der Waals surface area contributed by atoms with Crippen LogP contribution in [0.5, 0.6) is 0 Å². The van der Waals surface area contributed by atoms with Crippen molar-refractivity contribution in [2.45, 2.75) is 69.0 Å². The number of β-lactam (4-membered cyclic amide) rings is 1. The minimum atomic E-state index is -1.04. The van der Waals surface area contributed by atoms with Crippen molar-refractivity contribution in [3.63, 3.8) is 0 Å². The van der Waals surface area contributed by atoms with E-state index in [0.29, 0.717) is 17.3 Å². The Hall–Kier alpha value is -1.09. The predicted octanol–water partition coefficient (Wildman–Crippen LogP) is 0.827. The number of hydrogen-bond acceptors (Lipinski definition) is 6. The van der Waals surface area contributed by atoms with Crippen LogP contribution in [0.1, 0.15) is 39.5 Å². The molecule has 0 aromatic rings. The molecule has 7 nitrogen and oxygen atoms in total.